The number of sulfonamides is 1. The van der Waals surface area contributed by atoms with Crippen LogP contribution in [0, 0.1) is 5.92 Å². The summed E-state index contributed by atoms with van der Waals surface area (Å²) >= 11 is 0. The number of methoxy groups -OCH3 is 1. The van der Waals surface area contributed by atoms with Gasteiger partial charge in [0.1, 0.15) is 10.6 Å². The van der Waals surface area contributed by atoms with Crippen molar-refractivity contribution in [2.75, 3.05) is 20.3 Å². The quantitative estimate of drug-likeness (QED) is 0.547. The van der Waals surface area contributed by atoms with E-state index < -0.39 is 22.2 Å². The predicted octanol–water partition coefficient (Wildman–Crippen LogP) is 1.19. The van der Waals surface area contributed by atoms with Crippen LogP contribution in [-0.2, 0) is 19.6 Å². The van der Waals surface area contributed by atoms with E-state index in [0.29, 0.717) is 25.8 Å². The summed E-state index contributed by atoms with van der Waals surface area (Å²) in [6, 6.07) is 5.87. The first-order valence-corrected chi connectivity index (χ1v) is 11.6. The second-order valence-corrected chi connectivity index (χ2v) is 9.33. The maximum Gasteiger partial charge on any atom is 0.244 e. The van der Waals surface area contributed by atoms with Crippen LogP contribution in [-0.4, -0.2) is 57.9 Å². The molecule has 1 saturated carbocycles. The predicted molar refractivity (Wildman–Crippen MR) is 107 cm³/mol. The van der Waals surface area contributed by atoms with Crippen LogP contribution in [0.15, 0.2) is 29.2 Å². The molecule has 0 bridgehead atoms. The number of nitrogens with one attached hydrogen (secondary N) is 2. The Hall–Kier alpha value is -1.68. The fourth-order valence-electron chi connectivity index (χ4n) is 3.75. The minimum atomic E-state index is -3.82. The van der Waals surface area contributed by atoms with Crippen LogP contribution in [0.5, 0.6) is 5.75 Å². The van der Waals surface area contributed by atoms with Crippen molar-refractivity contribution in [3.8, 4) is 5.75 Å². The number of ether oxygens (including phenoxy) is 2. The van der Waals surface area contributed by atoms with Gasteiger partial charge in [0.15, 0.2) is 0 Å². The summed E-state index contributed by atoms with van der Waals surface area (Å²) in [5, 5.41) is 12.7. The van der Waals surface area contributed by atoms with Crippen molar-refractivity contribution < 1.29 is 27.8 Å². The van der Waals surface area contributed by atoms with E-state index in [4.69, 9.17) is 9.47 Å². The Morgan fingerprint density at radius 1 is 1.24 bits per heavy atom. The molecule has 1 aromatic carbocycles. The summed E-state index contributed by atoms with van der Waals surface area (Å²) in [4.78, 5) is 12.0. The van der Waals surface area contributed by atoms with Crippen LogP contribution >= 0.6 is 0 Å². The molecule has 2 fully saturated rings. The number of carbonyl (C=O) groups excluding carboxylic acids is 1. The maximum atomic E-state index is 12.8. The molecule has 3 atom stereocenters. The zero-order valence-corrected chi connectivity index (χ0v) is 17.5. The number of benzene rings is 1. The normalized spacial score (nSPS) is 25.2. The summed E-state index contributed by atoms with van der Waals surface area (Å²) in [6.45, 7) is 0.236. The summed E-state index contributed by atoms with van der Waals surface area (Å²) in [5.74, 6) is 0.520. The largest absolute Gasteiger partial charge is 0.495 e. The molecule has 8 nitrogen and oxygen atoms in total. The second kappa shape index (κ2) is 9.88. The first kappa shape index (κ1) is 22.0. The first-order valence-electron chi connectivity index (χ1n) is 10.1. The first-order chi connectivity index (χ1) is 13.9. The van der Waals surface area contributed by atoms with Crippen molar-refractivity contribution in [2.45, 2.75) is 61.7 Å². The van der Waals surface area contributed by atoms with Crippen molar-refractivity contribution in [2.24, 2.45) is 5.92 Å². The fourth-order valence-corrected chi connectivity index (χ4v) is 5.22. The van der Waals surface area contributed by atoms with Gasteiger partial charge in [0, 0.05) is 12.5 Å². The molecule has 162 valence electrons. The van der Waals surface area contributed by atoms with Crippen LogP contribution in [0.4, 0.5) is 0 Å². The lowest BCUT2D eigenvalue weighted by atomic mass is 9.85. The third kappa shape index (κ3) is 5.48. The number of hydrogen-bond donors (Lipinski definition) is 3. The highest BCUT2D eigenvalue weighted by Crippen LogP contribution is 2.28. The summed E-state index contributed by atoms with van der Waals surface area (Å²) in [7, 11) is -2.40. The molecule has 1 aliphatic carbocycles. The Balaban J connectivity index is 1.53. The minimum absolute atomic E-state index is 0.0556. The molecular formula is C20H30N2O6S. The highest BCUT2D eigenvalue weighted by atomic mass is 32.2. The van der Waals surface area contributed by atoms with Gasteiger partial charge in [0.2, 0.25) is 15.9 Å². The monoisotopic (exact) mass is 426 g/mol. The number of para-hydroxylation sites is 1. The van der Waals surface area contributed by atoms with Crippen molar-refractivity contribution in [1.82, 2.24) is 10.0 Å². The Morgan fingerprint density at radius 3 is 2.66 bits per heavy atom. The lowest BCUT2D eigenvalue weighted by Gasteiger charge is -2.36. The molecule has 0 spiro atoms. The Bertz CT molecular complexity index is 796. The van der Waals surface area contributed by atoms with Crippen LogP contribution in [0.2, 0.25) is 0 Å². The molecule has 0 radical (unpaired) electrons. The van der Waals surface area contributed by atoms with Gasteiger partial charge in [-0.15, -0.1) is 0 Å². The smallest absolute Gasteiger partial charge is 0.244 e. The molecule has 3 N–H and O–H groups in total. The van der Waals surface area contributed by atoms with Gasteiger partial charge in [-0.2, -0.15) is 0 Å². The fraction of sp³-hybridized carbons (Fsp3) is 0.650. The van der Waals surface area contributed by atoms with Gasteiger partial charge in [-0.25, -0.2) is 13.1 Å². The Kier molecular flexibility index (Phi) is 7.50. The molecule has 1 saturated heterocycles. The zero-order valence-electron chi connectivity index (χ0n) is 16.7. The topological polar surface area (TPSA) is 114 Å². The maximum absolute atomic E-state index is 12.8. The van der Waals surface area contributed by atoms with E-state index in [0.717, 1.165) is 19.3 Å². The summed E-state index contributed by atoms with van der Waals surface area (Å²) < 4.78 is 39.3. The third-order valence-electron chi connectivity index (χ3n) is 5.70. The highest BCUT2D eigenvalue weighted by molar-refractivity contribution is 7.89. The van der Waals surface area contributed by atoms with E-state index in [9.17, 15) is 18.3 Å². The summed E-state index contributed by atoms with van der Waals surface area (Å²) in [6.07, 6.45) is 4.12. The molecule has 1 heterocycles. The molecule has 1 aromatic rings. The van der Waals surface area contributed by atoms with E-state index in [1.54, 1.807) is 18.2 Å². The van der Waals surface area contributed by atoms with Crippen molar-refractivity contribution >= 4 is 15.9 Å². The molecule has 3 rings (SSSR count). The van der Waals surface area contributed by atoms with E-state index in [-0.39, 0.29) is 35.2 Å². The van der Waals surface area contributed by atoms with E-state index >= 15 is 0 Å². The standard InChI is InChI=1S/C20H30N2O6S/c1-27-17-7-2-3-8-19(17)29(25,26)22-16-10-9-15(28-18(16)13-23)11-12-21-20(24)14-5-4-6-14/h2-3,7-8,14-16,18,22-23H,4-6,9-13H2,1H3,(H,21,24)/t15-,16+,18-/m1/s1. The molecule has 2 aliphatic rings. The zero-order chi connectivity index (χ0) is 20.9. The van der Waals surface area contributed by atoms with Gasteiger partial charge < -0.3 is 19.9 Å². The lowest BCUT2D eigenvalue weighted by Crippen LogP contribution is -2.51. The number of aliphatic hydroxyl groups excluding tert-OH is 1. The average Bonchev–Trinajstić information content (AvgIpc) is 2.67. The van der Waals surface area contributed by atoms with Crippen molar-refractivity contribution in [1.29, 1.82) is 0 Å². The van der Waals surface area contributed by atoms with E-state index in [2.05, 4.69) is 10.0 Å². The molecule has 9 heteroatoms. The van der Waals surface area contributed by atoms with Gasteiger partial charge in [0.05, 0.1) is 32.0 Å². The second-order valence-electron chi connectivity index (χ2n) is 7.64. The Morgan fingerprint density at radius 2 is 2.00 bits per heavy atom. The lowest BCUT2D eigenvalue weighted by molar-refractivity contribution is -0.127. The van der Waals surface area contributed by atoms with E-state index in [1.165, 1.54) is 13.2 Å². The molecule has 1 aliphatic heterocycles. The summed E-state index contributed by atoms with van der Waals surface area (Å²) in [5.41, 5.74) is 0. The number of rotatable bonds is 9. The van der Waals surface area contributed by atoms with Gasteiger partial charge in [-0.05, 0) is 44.2 Å². The third-order valence-corrected chi connectivity index (χ3v) is 7.23. The number of hydrogen-bond acceptors (Lipinski definition) is 6. The van der Waals surface area contributed by atoms with Crippen LogP contribution < -0.4 is 14.8 Å². The molecular weight excluding hydrogens is 396 g/mol. The van der Waals surface area contributed by atoms with Crippen LogP contribution in [0.1, 0.15) is 38.5 Å². The van der Waals surface area contributed by atoms with Crippen LogP contribution in [0.3, 0.4) is 0 Å². The van der Waals surface area contributed by atoms with Crippen LogP contribution in [0.25, 0.3) is 0 Å². The minimum Gasteiger partial charge on any atom is -0.495 e. The van der Waals surface area contributed by atoms with Crippen molar-refractivity contribution in [3.05, 3.63) is 24.3 Å². The van der Waals surface area contributed by atoms with Crippen molar-refractivity contribution in [3.63, 3.8) is 0 Å². The van der Waals surface area contributed by atoms with Gasteiger partial charge in [-0.1, -0.05) is 18.6 Å². The number of amides is 1. The molecule has 0 unspecified atom stereocenters. The average molecular weight is 427 g/mol. The number of carbonyl (C=O) groups is 1. The van der Waals surface area contributed by atoms with Gasteiger partial charge >= 0.3 is 0 Å². The molecule has 29 heavy (non-hydrogen) atoms. The molecule has 1 amide bonds. The van der Waals surface area contributed by atoms with E-state index in [1.807, 2.05) is 0 Å². The highest BCUT2D eigenvalue weighted by Gasteiger charge is 2.34. The molecule has 0 aromatic heterocycles. The van der Waals surface area contributed by atoms with Gasteiger partial charge in [-0.3, -0.25) is 4.79 Å². The number of aliphatic hydroxyl groups is 1. The SMILES string of the molecule is COc1ccccc1S(=O)(=O)N[C@H]1CC[C@H](CCNC(=O)C2CCC2)O[C@@H]1CO. The Labute approximate surface area is 172 Å². The van der Waals surface area contributed by atoms with Gasteiger partial charge in [0.25, 0.3) is 0 Å².